The van der Waals surface area contributed by atoms with Gasteiger partial charge in [-0.15, -0.1) is 0 Å². The first-order valence-electron chi connectivity index (χ1n) is 9.75. The first-order valence-corrected chi connectivity index (χ1v) is 9.75. The molecule has 8 nitrogen and oxygen atoms in total. The third kappa shape index (κ3) is 7.07. The number of aromatic nitrogens is 2. The van der Waals surface area contributed by atoms with Crippen molar-refractivity contribution in [2.75, 3.05) is 48.0 Å². The fourth-order valence-corrected chi connectivity index (χ4v) is 2.98. The average molecular weight is 403 g/mol. The molecular weight excluding hydrogens is 368 g/mol. The zero-order valence-electron chi connectivity index (χ0n) is 18.4. The van der Waals surface area contributed by atoms with Crippen LogP contribution in [0.25, 0.3) is 0 Å². The molecule has 0 aliphatic heterocycles. The summed E-state index contributed by atoms with van der Waals surface area (Å²) < 4.78 is 12.8. The van der Waals surface area contributed by atoms with E-state index >= 15 is 0 Å². The van der Waals surface area contributed by atoms with Crippen LogP contribution in [0.3, 0.4) is 0 Å². The number of methoxy groups -OCH3 is 1. The second kappa shape index (κ2) is 11.4. The van der Waals surface area contributed by atoms with Gasteiger partial charge in [0, 0.05) is 51.6 Å². The summed E-state index contributed by atoms with van der Waals surface area (Å²) in [6.45, 7) is 4.46. The minimum absolute atomic E-state index is 0.189. The fraction of sp³-hybridized carbons (Fsp3) is 0.524. The molecule has 1 aromatic carbocycles. The molecule has 1 heterocycles. The van der Waals surface area contributed by atoms with Gasteiger partial charge in [-0.05, 0) is 32.6 Å². The number of nitrogens with zero attached hydrogens (tertiary/aromatic N) is 4. The van der Waals surface area contributed by atoms with Crippen LogP contribution in [0.5, 0.6) is 5.75 Å². The second-order valence-electron chi connectivity index (χ2n) is 7.19. The van der Waals surface area contributed by atoms with Crippen molar-refractivity contribution in [1.29, 1.82) is 0 Å². The molecule has 0 saturated carbocycles. The number of likely N-dealkylation sites (N-methyl/N-ethyl adjacent to an activating group) is 1. The van der Waals surface area contributed by atoms with Crippen LogP contribution in [0.1, 0.15) is 22.7 Å². The topological polar surface area (TPSA) is 75.9 Å². The minimum atomic E-state index is 0.189. The Hall–Kier alpha value is -2.58. The largest absolute Gasteiger partial charge is 0.491 e. The lowest BCUT2D eigenvalue weighted by atomic mass is 10.1. The monoisotopic (exact) mass is 402 g/mol. The zero-order chi connectivity index (χ0) is 21.2. The Bertz CT molecular complexity index is 787. The van der Waals surface area contributed by atoms with Crippen LogP contribution in [0.2, 0.25) is 0 Å². The number of aryl methyl sites for hydroxylation is 2. The van der Waals surface area contributed by atoms with Gasteiger partial charge in [-0.25, -0.2) is 0 Å². The van der Waals surface area contributed by atoms with Crippen LogP contribution >= 0.6 is 0 Å². The average Bonchev–Trinajstić information content (AvgIpc) is 3.11. The molecule has 1 unspecified atom stereocenters. The van der Waals surface area contributed by atoms with Crippen molar-refractivity contribution in [3.05, 3.63) is 47.3 Å². The number of aliphatic imine (C=N–C) groups is 1. The molecule has 2 aromatic rings. The molecule has 2 rings (SSSR count). The van der Waals surface area contributed by atoms with E-state index in [4.69, 9.17) is 9.47 Å². The number of benzene rings is 1. The van der Waals surface area contributed by atoms with E-state index < -0.39 is 0 Å². The van der Waals surface area contributed by atoms with Crippen LogP contribution in [0, 0.1) is 6.92 Å². The summed E-state index contributed by atoms with van der Waals surface area (Å²) in [6.07, 6.45) is 3.94. The summed E-state index contributed by atoms with van der Waals surface area (Å²) >= 11 is 0. The Morgan fingerprint density at radius 2 is 2.07 bits per heavy atom. The second-order valence-corrected chi connectivity index (χ2v) is 7.19. The van der Waals surface area contributed by atoms with Crippen LogP contribution in [0.4, 0.5) is 0 Å². The van der Waals surface area contributed by atoms with E-state index in [1.54, 1.807) is 14.2 Å². The van der Waals surface area contributed by atoms with Gasteiger partial charge in [0.2, 0.25) is 0 Å². The quantitative estimate of drug-likeness (QED) is 0.358. The van der Waals surface area contributed by atoms with Gasteiger partial charge in [0.1, 0.15) is 12.4 Å². The van der Waals surface area contributed by atoms with E-state index in [-0.39, 0.29) is 6.04 Å². The van der Waals surface area contributed by atoms with Crippen molar-refractivity contribution >= 4 is 5.96 Å². The van der Waals surface area contributed by atoms with Gasteiger partial charge < -0.3 is 25.0 Å². The van der Waals surface area contributed by atoms with Crippen molar-refractivity contribution in [3.63, 3.8) is 0 Å². The summed E-state index contributed by atoms with van der Waals surface area (Å²) in [5, 5.41) is 11.1. The van der Waals surface area contributed by atoms with Gasteiger partial charge in [0.25, 0.3) is 0 Å². The minimum Gasteiger partial charge on any atom is -0.491 e. The van der Waals surface area contributed by atoms with Gasteiger partial charge in [-0.1, -0.05) is 12.1 Å². The Kier molecular flexibility index (Phi) is 8.95. The Morgan fingerprint density at radius 3 is 2.69 bits per heavy atom. The predicted octanol–water partition coefficient (Wildman–Crippen LogP) is 1.72. The SMILES string of the molecule is CN=C(NCc1ccc(C)cc1OCCOC)NCC(c1cnn(C)c1)N(C)C. The summed E-state index contributed by atoms with van der Waals surface area (Å²) in [4.78, 5) is 6.52. The normalized spacial score (nSPS) is 12.9. The third-order valence-electron chi connectivity index (χ3n) is 4.63. The predicted molar refractivity (Wildman–Crippen MR) is 116 cm³/mol. The highest BCUT2D eigenvalue weighted by Crippen LogP contribution is 2.20. The molecule has 29 heavy (non-hydrogen) atoms. The molecule has 1 atom stereocenters. The molecule has 160 valence electrons. The maximum atomic E-state index is 5.87. The highest BCUT2D eigenvalue weighted by molar-refractivity contribution is 5.79. The maximum absolute atomic E-state index is 5.87. The van der Waals surface area contributed by atoms with Crippen LogP contribution < -0.4 is 15.4 Å². The summed E-state index contributed by atoms with van der Waals surface area (Å²) in [7, 11) is 9.49. The first-order chi connectivity index (χ1) is 13.9. The van der Waals surface area contributed by atoms with Gasteiger partial charge in [-0.2, -0.15) is 5.10 Å². The smallest absolute Gasteiger partial charge is 0.191 e. The Balaban J connectivity index is 1.96. The van der Waals surface area contributed by atoms with E-state index in [1.165, 1.54) is 0 Å². The zero-order valence-corrected chi connectivity index (χ0v) is 18.4. The molecule has 0 fully saturated rings. The van der Waals surface area contributed by atoms with E-state index in [0.29, 0.717) is 26.3 Å². The molecule has 0 aliphatic rings. The van der Waals surface area contributed by atoms with Crippen molar-refractivity contribution in [2.45, 2.75) is 19.5 Å². The van der Waals surface area contributed by atoms with Gasteiger partial charge in [0.15, 0.2) is 5.96 Å². The number of hydrogen-bond donors (Lipinski definition) is 2. The first kappa shape index (κ1) is 22.7. The van der Waals surface area contributed by atoms with E-state index in [1.807, 2.05) is 30.2 Å². The van der Waals surface area contributed by atoms with Gasteiger partial charge in [0.05, 0.1) is 18.8 Å². The molecule has 0 aliphatic carbocycles. The van der Waals surface area contributed by atoms with Crippen molar-refractivity contribution in [1.82, 2.24) is 25.3 Å². The van der Waals surface area contributed by atoms with Gasteiger partial charge >= 0.3 is 0 Å². The number of nitrogens with one attached hydrogen (secondary N) is 2. The lowest BCUT2D eigenvalue weighted by Gasteiger charge is -2.24. The summed E-state index contributed by atoms with van der Waals surface area (Å²) in [5.41, 5.74) is 3.40. The fourth-order valence-electron chi connectivity index (χ4n) is 2.98. The van der Waals surface area contributed by atoms with Crippen molar-refractivity contribution in [2.24, 2.45) is 12.0 Å². The highest BCUT2D eigenvalue weighted by atomic mass is 16.5. The number of hydrogen-bond acceptors (Lipinski definition) is 5. The maximum Gasteiger partial charge on any atom is 0.191 e. The molecule has 0 amide bonds. The van der Waals surface area contributed by atoms with E-state index in [2.05, 4.69) is 58.8 Å². The molecule has 0 spiro atoms. The lowest BCUT2D eigenvalue weighted by Crippen LogP contribution is -2.41. The number of ether oxygens (including phenoxy) is 2. The third-order valence-corrected chi connectivity index (χ3v) is 4.63. The standard InChI is InChI=1S/C21H34N6O2/c1-16-7-8-17(20(11-16)29-10-9-28-6)12-23-21(22-2)24-14-19(26(3)4)18-13-25-27(5)15-18/h7-8,11,13,15,19H,9-10,12,14H2,1-6H3,(H2,22,23,24). The van der Waals surface area contributed by atoms with Crippen LogP contribution in [-0.4, -0.2) is 68.7 Å². The Labute approximate surface area is 173 Å². The van der Waals surface area contributed by atoms with E-state index in [9.17, 15) is 0 Å². The molecule has 2 N–H and O–H groups in total. The molecule has 1 aromatic heterocycles. The van der Waals surface area contributed by atoms with Crippen LogP contribution in [-0.2, 0) is 18.3 Å². The number of rotatable bonds is 10. The summed E-state index contributed by atoms with van der Waals surface area (Å²) in [6, 6.07) is 6.40. The van der Waals surface area contributed by atoms with Crippen LogP contribution in [0.15, 0.2) is 35.6 Å². The van der Waals surface area contributed by atoms with Crippen molar-refractivity contribution < 1.29 is 9.47 Å². The molecule has 0 saturated heterocycles. The van der Waals surface area contributed by atoms with E-state index in [0.717, 1.165) is 28.4 Å². The van der Waals surface area contributed by atoms with Crippen molar-refractivity contribution in [3.8, 4) is 5.75 Å². The molecular formula is C21H34N6O2. The molecule has 8 heteroatoms. The summed E-state index contributed by atoms with van der Waals surface area (Å²) in [5.74, 6) is 1.61. The Morgan fingerprint density at radius 1 is 1.28 bits per heavy atom. The number of guanidine groups is 1. The van der Waals surface area contributed by atoms with Gasteiger partial charge in [-0.3, -0.25) is 9.67 Å². The lowest BCUT2D eigenvalue weighted by molar-refractivity contribution is 0.145. The highest BCUT2D eigenvalue weighted by Gasteiger charge is 2.16. The molecule has 0 radical (unpaired) electrons. The molecule has 0 bridgehead atoms.